The minimum Gasteiger partial charge on any atom is -0.338 e. The first-order chi connectivity index (χ1) is 8.77. The number of aryl methyl sites for hydroxylation is 1. The number of rotatable bonds is 2. The summed E-state index contributed by atoms with van der Waals surface area (Å²) >= 11 is 0. The van der Waals surface area contributed by atoms with Gasteiger partial charge in [0.2, 0.25) is 5.91 Å². The maximum absolute atomic E-state index is 12.4. The molecule has 0 radical (unpaired) electrons. The number of hydrogen-bond donors (Lipinski definition) is 1. The first-order valence-corrected chi connectivity index (χ1v) is 6.82. The van der Waals surface area contributed by atoms with Gasteiger partial charge in [0.05, 0.1) is 12.0 Å². The zero-order valence-corrected chi connectivity index (χ0v) is 10.9. The van der Waals surface area contributed by atoms with E-state index < -0.39 is 0 Å². The van der Waals surface area contributed by atoms with E-state index in [-0.39, 0.29) is 12.0 Å². The topological polar surface area (TPSA) is 32.3 Å². The van der Waals surface area contributed by atoms with Crippen molar-refractivity contribution in [1.29, 1.82) is 0 Å². The number of nitrogens with one attached hydrogen (secondary N) is 1. The summed E-state index contributed by atoms with van der Waals surface area (Å²) in [6.07, 6.45) is 3.15. The summed E-state index contributed by atoms with van der Waals surface area (Å²) in [5.74, 6) is 0.490. The fourth-order valence-electron chi connectivity index (χ4n) is 3.24. The normalized spacial score (nSPS) is 26.1. The Morgan fingerprint density at radius 1 is 1.33 bits per heavy atom. The minimum absolute atomic E-state index is 0.183. The Hall–Kier alpha value is -1.35. The average Bonchev–Trinajstić information content (AvgIpc) is 3.06. The van der Waals surface area contributed by atoms with Crippen LogP contribution in [0.15, 0.2) is 24.3 Å². The van der Waals surface area contributed by atoms with Crippen molar-refractivity contribution in [3.63, 3.8) is 0 Å². The molecule has 1 saturated heterocycles. The highest BCUT2D eigenvalue weighted by molar-refractivity contribution is 5.79. The molecule has 1 aromatic carbocycles. The molecule has 1 aliphatic carbocycles. The summed E-state index contributed by atoms with van der Waals surface area (Å²) in [7, 11) is 1.97. The van der Waals surface area contributed by atoms with Crippen molar-refractivity contribution < 1.29 is 4.79 Å². The molecule has 1 amide bonds. The highest BCUT2D eigenvalue weighted by Crippen LogP contribution is 2.35. The zero-order valence-electron chi connectivity index (χ0n) is 10.9. The van der Waals surface area contributed by atoms with Gasteiger partial charge in [-0.1, -0.05) is 24.3 Å². The van der Waals surface area contributed by atoms with Crippen LogP contribution in [0.4, 0.5) is 0 Å². The smallest absolute Gasteiger partial charge is 0.227 e. The summed E-state index contributed by atoms with van der Waals surface area (Å²) in [6, 6.07) is 8.81. The third-order valence-electron chi connectivity index (χ3n) is 4.33. The SMILES string of the molecule is CN(C(=O)C1CCNC1)C1CCc2ccccc21. The van der Waals surface area contributed by atoms with Gasteiger partial charge in [0.25, 0.3) is 0 Å². The van der Waals surface area contributed by atoms with Crippen LogP contribution in [0.1, 0.15) is 30.0 Å². The van der Waals surface area contributed by atoms with Gasteiger partial charge in [-0.3, -0.25) is 4.79 Å². The lowest BCUT2D eigenvalue weighted by Crippen LogP contribution is -2.36. The van der Waals surface area contributed by atoms with E-state index in [4.69, 9.17) is 0 Å². The quantitative estimate of drug-likeness (QED) is 0.859. The molecule has 0 saturated carbocycles. The molecule has 2 aliphatic rings. The molecule has 18 heavy (non-hydrogen) atoms. The van der Waals surface area contributed by atoms with E-state index in [1.165, 1.54) is 11.1 Å². The van der Waals surface area contributed by atoms with Crippen LogP contribution in [0.2, 0.25) is 0 Å². The predicted octanol–water partition coefficient (Wildman–Crippen LogP) is 1.74. The summed E-state index contributed by atoms with van der Waals surface area (Å²) in [6.45, 7) is 1.82. The second-order valence-corrected chi connectivity index (χ2v) is 5.39. The Bertz CT molecular complexity index is 452. The highest BCUT2D eigenvalue weighted by atomic mass is 16.2. The summed E-state index contributed by atoms with van der Waals surface area (Å²) in [5.41, 5.74) is 2.76. The zero-order chi connectivity index (χ0) is 12.5. The molecule has 3 rings (SSSR count). The molecule has 1 aliphatic heterocycles. The Kier molecular flexibility index (Phi) is 3.08. The van der Waals surface area contributed by atoms with Gasteiger partial charge in [-0.15, -0.1) is 0 Å². The molecule has 96 valence electrons. The standard InChI is InChI=1S/C15H20N2O/c1-17(15(18)12-8-9-16-10-12)14-7-6-11-4-2-3-5-13(11)14/h2-5,12,14,16H,6-10H2,1H3. The van der Waals surface area contributed by atoms with E-state index in [1.807, 2.05) is 11.9 Å². The van der Waals surface area contributed by atoms with Crippen molar-refractivity contribution in [3.8, 4) is 0 Å². The maximum Gasteiger partial charge on any atom is 0.227 e. The van der Waals surface area contributed by atoms with Crippen LogP contribution in [-0.2, 0) is 11.2 Å². The minimum atomic E-state index is 0.183. The number of carbonyl (C=O) groups excluding carboxylic acids is 1. The van der Waals surface area contributed by atoms with Crippen LogP contribution in [0.25, 0.3) is 0 Å². The van der Waals surface area contributed by atoms with Crippen LogP contribution < -0.4 is 5.32 Å². The summed E-state index contributed by atoms with van der Waals surface area (Å²) < 4.78 is 0. The number of carbonyl (C=O) groups is 1. The maximum atomic E-state index is 12.4. The number of fused-ring (bicyclic) bond motifs is 1. The van der Waals surface area contributed by atoms with E-state index in [0.29, 0.717) is 5.91 Å². The lowest BCUT2D eigenvalue weighted by molar-refractivity contribution is -0.135. The molecule has 0 spiro atoms. The monoisotopic (exact) mass is 244 g/mol. The second kappa shape index (κ2) is 4.73. The molecule has 1 fully saturated rings. The third-order valence-corrected chi connectivity index (χ3v) is 4.33. The van der Waals surface area contributed by atoms with Crippen LogP contribution in [0.3, 0.4) is 0 Å². The molecular formula is C15H20N2O. The first kappa shape index (κ1) is 11.7. The summed E-state index contributed by atoms with van der Waals surface area (Å²) in [4.78, 5) is 14.4. The first-order valence-electron chi connectivity index (χ1n) is 6.82. The van der Waals surface area contributed by atoms with E-state index in [1.54, 1.807) is 0 Å². The largest absolute Gasteiger partial charge is 0.338 e. The van der Waals surface area contributed by atoms with Gasteiger partial charge in [0, 0.05) is 13.6 Å². The van der Waals surface area contributed by atoms with Crippen molar-refractivity contribution in [2.45, 2.75) is 25.3 Å². The van der Waals surface area contributed by atoms with Gasteiger partial charge >= 0.3 is 0 Å². The molecule has 1 aromatic rings. The number of nitrogens with zero attached hydrogens (tertiary/aromatic N) is 1. The molecule has 3 nitrogen and oxygen atoms in total. The van der Waals surface area contributed by atoms with Crippen molar-refractivity contribution in [2.75, 3.05) is 20.1 Å². The lowest BCUT2D eigenvalue weighted by Gasteiger charge is -2.27. The fraction of sp³-hybridized carbons (Fsp3) is 0.533. The third kappa shape index (κ3) is 1.93. The predicted molar refractivity (Wildman–Crippen MR) is 71.3 cm³/mol. The van der Waals surface area contributed by atoms with Gasteiger partial charge in [-0.05, 0) is 36.9 Å². The van der Waals surface area contributed by atoms with Gasteiger partial charge in [0.15, 0.2) is 0 Å². The van der Waals surface area contributed by atoms with Gasteiger partial charge in [0.1, 0.15) is 0 Å². The number of amides is 1. The van der Waals surface area contributed by atoms with Crippen LogP contribution >= 0.6 is 0 Å². The molecule has 0 aromatic heterocycles. The van der Waals surface area contributed by atoms with Crippen molar-refractivity contribution in [3.05, 3.63) is 35.4 Å². The molecule has 3 heteroatoms. The average molecular weight is 244 g/mol. The van der Waals surface area contributed by atoms with Crippen LogP contribution in [0.5, 0.6) is 0 Å². The van der Waals surface area contributed by atoms with E-state index >= 15 is 0 Å². The van der Waals surface area contributed by atoms with E-state index in [9.17, 15) is 4.79 Å². The summed E-state index contributed by atoms with van der Waals surface area (Å²) in [5, 5.41) is 3.27. The van der Waals surface area contributed by atoms with Crippen molar-refractivity contribution in [1.82, 2.24) is 10.2 Å². The van der Waals surface area contributed by atoms with Gasteiger partial charge in [-0.25, -0.2) is 0 Å². The molecular weight excluding hydrogens is 224 g/mol. The van der Waals surface area contributed by atoms with Crippen LogP contribution in [0, 0.1) is 5.92 Å². The fourth-order valence-corrected chi connectivity index (χ4v) is 3.24. The Balaban J connectivity index is 1.77. The highest BCUT2D eigenvalue weighted by Gasteiger charge is 2.32. The number of hydrogen-bond acceptors (Lipinski definition) is 2. The molecule has 0 bridgehead atoms. The molecule has 2 atom stereocenters. The Morgan fingerprint density at radius 2 is 2.17 bits per heavy atom. The Morgan fingerprint density at radius 3 is 2.94 bits per heavy atom. The van der Waals surface area contributed by atoms with Crippen LogP contribution in [-0.4, -0.2) is 30.9 Å². The molecule has 2 unspecified atom stereocenters. The van der Waals surface area contributed by atoms with E-state index in [0.717, 1.165) is 32.4 Å². The van der Waals surface area contributed by atoms with Gasteiger partial charge < -0.3 is 10.2 Å². The van der Waals surface area contributed by atoms with Crippen molar-refractivity contribution in [2.24, 2.45) is 5.92 Å². The number of benzene rings is 1. The lowest BCUT2D eigenvalue weighted by atomic mass is 10.0. The second-order valence-electron chi connectivity index (χ2n) is 5.39. The van der Waals surface area contributed by atoms with Gasteiger partial charge in [-0.2, -0.15) is 0 Å². The Labute approximate surface area is 108 Å². The van der Waals surface area contributed by atoms with E-state index in [2.05, 4.69) is 29.6 Å². The molecule has 1 N–H and O–H groups in total. The van der Waals surface area contributed by atoms with Crippen molar-refractivity contribution >= 4 is 5.91 Å². The molecule has 1 heterocycles.